The van der Waals surface area contributed by atoms with Gasteiger partial charge in [-0.05, 0) is 44.0 Å². The van der Waals surface area contributed by atoms with Crippen LogP contribution in [0.2, 0.25) is 0 Å². The van der Waals surface area contributed by atoms with Crippen molar-refractivity contribution in [1.82, 2.24) is 30.0 Å². The second-order valence-electron chi connectivity index (χ2n) is 8.47. The van der Waals surface area contributed by atoms with Gasteiger partial charge < -0.3 is 0 Å². The molecule has 0 N–H and O–H groups in total. The van der Waals surface area contributed by atoms with Crippen LogP contribution in [-0.2, 0) is 5.66 Å². The number of unbranched alkanes of at least 4 members (excludes halogenated alkanes) is 3. The van der Waals surface area contributed by atoms with Crippen molar-refractivity contribution in [3.8, 4) is 0 Å². The van der Waals surface area contributed by atoms with Crippen LogP contribution in [-0.4, -0.2) is 30.0 Å². The van der Waals surface area contributed by atoms with E-state index in [2.05, 4.69) is 69.8 Å². The second kappa shape index (κ2) is 8.54. The first-order valence-corrected chi connectivity index (χ1v) is 11.4. The molecule has 0 aliphatic heterocycles. The molecule has 6 nitrogen and oxygen atoms in total. The molecule has 0 fully saturated rings. The van der Waals surface area contributed by atoms with Crippen LogP contribution in [0.15, 0.2) is 72.8 Å². The Balaban J connectivity index is 1.81. The fourth-order valence-corrected chi connectivity index (χ4v) is 4.59. The number of aryl methyl sites for hydroxylation is 1. The van der Waals surface area contributed by atoms with E-state index >= 15 is 0 Å². The Morgan fingerprint density at radius 1 is 0.688 bits per heavy atom. The van der Waals surface area contributed by atoms with E-state index in [0.717, 1.165) is 46.9 Å². The van der Waals surface area contributed by atoms with Gasteiger partial charge in [0.2, 0.25) is 0 Å². The second-order valence-corrected chi connectivity index (χ2v) is 8.47. The predicted molar refractivity (Wildman–Crippen MR) is 127 cm³/mol. The molecule has 2 aromatic heterocycles. The molecule has 0 saturated heterocycles. The number of fused-ring (bicyclic) bond motifs is 2. The van der Waals surface area contributed by atoms with Gasteiger partial charge in [0.15, 0.2) is 5.66 Å². The average molecular weight is 425 g/mol. The van der Waals surface area contributed by atoms with Crippen LogP contribution in [0.4, 0.5) is 0 Å². The number of benzene rings is 3. The van der Waals surface area contributed by atoms with E-state index in [1.165, 1.54) is 18.4 Å². The largest absolute Gasteiger partial charge is 0.213 e. The lowest BCUT2D eigenvalue weighted by Crippen LogP contribution is -2.44. The summed E-state index contributed by atoms with van der Waals surface area (Å²) in [4.78, 5) is 0. The van der Waals surface area contributed by atoms with Gasteiger partial charge in [0, 0.05) is 5.56 Å². The number of hydrogen-bond acceptors (Lipinski definition) is 4. The van der Waals surface area contributed by atoms with E-state index in [1.54, 1.807) is 0 Å². The number of hydrogen-bond donors (Lipinski definition) is 0. The third kappa shape index (κ3) is 3.36. The Morgan fingerprint density at radius 3 is 1.81 bits per heavy atom. The standard InChI is InChI=1S/C26H28N6/c1-3-4-5-10-19-26(21-17-15-20(2)16-18-21,31-24-13-8-6-11-22(24)27-29-31)32-25-14-9-7-12-23(25)28-30-32/h6-9,11-18H,3-5,10,19H2,1-2H3. The minimum absolute atomic E-state index is 0.673. The lowest BCUT2D eigenvalue weighted by atomic mass is 9.91. The molecule has 3 aromatic carbocycles. The highest BCUT2D eigenvalue weighted by Gasteiger charge is 2.40. The van der Waals surface area contributed by atoms with Gasteiger partial charge in [-0.3, -0.25) is 0 Å². The zero-order valence-electron chi connectivity index (χ0n) is 18.6. The molecular formula is C26H28N6. The van der Waals surface area contributed by atoms with Crippen molar-refractivity contribution in [3.05, 3.63) is 83.9 Å². The summed E-state index contributed by atoms with van der Waals surface area (Å²) in [5.41, 5.74) is 5.41. The summed E-state index contributed by atoms with van der Waals surface area (Å²) in [6, 6.07) is 25.0. The lowest BCUT2D eigenvalue weighted by molar-refractivity contribution is 0.218. The van der Waals surface area contributed by atoms with Crippen molar-refractivity contribution in [2.45, 2.75) is 51.6 Å². The first-order chi connectivity index (χ1) is 15.7. The van der Waals surface area contributed by atoms with E-state index in [9.17, 15) is 0 Å². The molecule has 0 atom stereocenters. The van der Waals surface area contributed by atoms with Crippen molar-refractivity contribution in [2.24, 2.45) is 0 Å². The van der Waals surface area contributed by atoms with E-state index in [4.69, 9.17) is 10.4 Å². The highest BCUT2D eigenvalue weighted by Crippen LogP contribution is 2.37. The van der Waals surface area contributed by atoms with Crippen molar-refractivity contribution >= 4 is 22.1 Å². The quantitative estimate of drug-likeness (QED) is 0.300. The number of rotatable bonds is 8. The zero-order chi connectivity index (χ0) is 22.0. The fourth-order valence-electron chi connectivity index (χ4n) is 4.59. The van der Waals surface area contributed by atoms with Crippen LogP contribution in [0, 0.1) is 6.92 Å². The SMILES string of the molecule is CCCCCCC(c1ccc(C)cc1)(n1nnc2ccccc21)n1nnc2ccccc21. The van der Waals surface area contributed by atoms with Crippen molar-refractivity contribution < 1.29 is 0 Å². The van der Waals surface area contributed by atoms with Gasteiger partial charge in [-0.1, -0.05) is 90.7 Å². The lowest BCUT2D eigenvalue weighted by Gasteiger charge is -2.35. The van der Waals surface area contributed by atoms with Crippen molar-refractivity contribution in [2.75, 3.05) is 0 Å². The maximum atomic E-state index is 4.71. The van der Waals surface area contributed by atoms with Gasteiger partial charge in [-0.15, -0.1) is 10.2 Å². The summed E-state index contributed by atoms with van der Waals surface area (Å²) in [5, 5.41) is 18.4. The van der Waals surface area contributed by atoms with Gasteiger partial charge >= 0.3 is 0 Å². The van der Waals surface area contributed by atoms with Crippen LogP contribution in [0.25, 0.3) is 22.1 Å². The summed E-state index contributed by atoms with van der Waals surface area (Å²) in [6.07, 6.45) is 5.44. The molecule has 0 aliphatic rings. The number of aromatic nitrogens is 6. The minimum atomic E-state index is -0.673. The summed E-state index contributed by atoms with van der Waals surface area (Å²) in [7, 11) is 0. The zero-order valence-corrected chi connectivity index (χ0v) is 18.6. The summed E-state index contributed by atoms with van der Waals surface area (Å²) in [5.74, 6) is 0. The van der Waals surface area contributed by atoms with Crippen molar-refractivity contribution in [3.63, 3.8) is 0 Å². The highest BCUT2D eigenvalue weighted by molar-refractivity contribution is 5.76. The molecule has 32 heavy (non-hydrogen) atoms. The summed E-state index contributed by atoms with van der Waals surface area (Å²) >= 11 is 0. The highest BCUT2D eigenvalue weighted by atomic mass is 15.6. The minimum Gasteiger partial charge on any atom is -0.213 e. The topological polar surface area (TPSA) is 61.4 Å². The Morgan fingerprint density at radius 2 is 1.25 bits per heavy atom. The Bertz CT molecular complexity index is 1260. The molecule has 0 saturated carbocycles. The molecule has 162 valence electrons. The molecule has 5 rings (SSSR count). The summed E-state index contributed by atoms with van der Waals surface area (Å²) in [6.45, 7) is 4.35. The molecule has 0 amide bonds. The third-order valence-corrected chi connectivity index (χ3v) is 6.30. The van der Waals surface area contributed by atoms with E-state index < -0.39 is 5.66 Å². The smallest absolute Gasteiger partial charge is 0.184 e. The maximum Gasteiger partial charge on any atom is 0.184 e. The van der Waals surface area contributed by atoms with Gasteiger partial charge in [0.05, 0.1) is 11.0 Å². The van der Waals surface area contributed by atoms with Crippen LogP contribution in [0.1, 0.15) is 50.2 Å². The Labute approximate surface area is 187 Å². The van der Waals surface area contributed by atoms with E-state index in [0.29, 0.717) is 0 Å². The van der Waals surface area contributed by atoms with Gasteiger partial charge in [-0.2, -0.15) is 0 Å². The molecule has 5 aromatic rings. The number of para-hydroxylation sites is 2. The molecule has 0 radical (unpaired) electrons. The van der Waals surface area contributed by atoms with Gasteiger partial charge in [0.25, 0.3) is 0 Å². The van der Waals surface area contributed by atoms with Crippen molar-refractivity contribution in [1.29, 1.82) is 0 Å². The molecule has 6 heteroatoms. The molecule has 0 aliphatic carbocycles. The molecular weight excluding hydrogens is 396 g/mol. The number of nitrogens with zero attached hydrogens (tertiary/aromatic N) is 6. The van der Waals surface area contributed by atoms with E-state index in [-0.39, 0.29) is 0 Å². The van der Waals surface area contributed by atoms with Crippen LogP contribution < -0.4 is 0 Å². The Hall–Kier alpha value is -3.54. The predicted octanol–water partition coefficient (Wildman–Crippen LogP) is 5.70. The monoisotopic (exact) mass is 424 g/mol. The maximum absolute atomic E-state index is 4.71. The third-order valence-electron chi connectivity index (χ3n) is 6.30. The molecule has 0 unspecified atom stereocenters. The van der Waals surface area contributed by atoms with Crippen LogP contribution >= 0.6 is 0 Å². The average Bonchev–Trinajstić information content (AvgIpc) is 3.46. The van der Waals surface area contributed by atoms with Crippen LogP contribution in [0.3, 0.4) is 0 Å². The summed E-state index contributed by atoms with van der Waals surface area (Å²) < 4.78 is 4.11. The first kappa shape index (κ1) is 20.4. The van der Waals surface area contributed by atoms with Crippen LogP contribution in [0.5, 0.6) is 0 Å². The molecule has 2 heterocycles. The Kier molecular flexibility index (Phi) is 5.43. The first-order valence-electron chi connectivity index (χ1n) is 11.4. The van der Waals surface area contributed by atoms with E-state index in [1.807, 2.05) is 36.4 Å². The molecule has 0 spiro atoms. The molecule has 0 bridgehead atoms. The normalized spacial score (nSPS) is 12.1. The fraction of sp³-hybridized carbons (Fsp3) is 0.308. The van der Waals surface area contributed by atoms with Gasteiger partial charge in [0.1, 0.15) is 11.0 Å². The van der Waals surface area contributed by atoms with Gasteiger partial charge in [-0.25, -0.2) is 9.36 Å².